The quantitative estimate of drug-likeness (QED) is 0.797. The van der Waals surface area contributed by atoms with E-state index in [1.165, 1.54) is 4.90 Å². The second-order valence-corrected chi connectivity index (χ2v) is 6.30. The van der Waals surface area contributed by atoms with Gasteiger partial charge in [-0.3, -0.25) is 14.5 Å². The minimum absolute atomic E-state index is 0.00705. The lowest BCUT2D eigenvalue weighted by molar-refractivity contribution is -0.133. The van der Waals surface area contributed by atoms with Gasteiger partial charge in [0, 0.05) is 18.4 Å². The van der Waals surface area contributed by atoms with Gasteiger partial charge in [-0.15, -0.1) is 0 Å². The van der Waals surface area contributed by atoms with Crippen LogP contribution >= 0.6 is 0 Å². The summed E-state index contributed by atoms with van der Waals surface area (Å²) < 4.78 is 5.78. The van der Waals surface area contributed by atoms with Gasteiger partial charge < -0.3 is 4.74 Å². The number of benzene rings is 1. The Labute approximate surface area is 119 Å². The number of carbonyl (C=O) groups excluding carboxylic acids is 2. The van der Waals surface area contributed by atoms with E-state index in [0.29, 0.717) is 25.0 Å². The van der Waals surface area contributed by atoms with Crippen molar-refractivity contribution in [2.45, 2.75) is 39.8 Å². The molecule has 1 aliphatic heterocycles. The number of amides is 2. The molecular formula is C16H21NO3. The Morgan fingerprint density at radius 1 is 1.30 bits per heavy atom. The van der Waals surface area contributed by atoms with E-state index in [1.54, 1.807) is 24.3 Å². The van der Waals surface area contributed by atoms with Crippen molar-refractivity contribution in [2.24, 2.45) is 5.41 Å². The molecule has 1 heterocycles. The fourth-order valence-corrected chi connectivity index (χ4v) is 2.13. The van der Waals surface area contributed by atoms with Gasteiger partial charge in [-0.2, -0.15) is 0 Å². The summed E-state index contributed by atoms with van der Waals surface area (Å²) >= 11 is 0. The third kappa shape index (κ3) is 3.45. The molecule has 0 N–H and O–H groups in total. The number of likely N-dealkylation sites (tertiary alicyclic amines) is 1. The molecule has 2 rings (SSSR count). The van der Waals surface area contributed by atoms with Gasteiger partial charge in [0.15, 0.2) is 0 Å². The molecule has 1 aromatic carbocycles. The summed E-state index contributed by atoms with van der Waals surface area (Å²) in [6.45, 7) is 6.71. The summed E-state index contributed by atoms with van der Waals surface area (Å²) in [6, 6.07) is 8.86. The fraction of sp³-hybridized carbons (Fsp3) is 0.500. The maximum Gasteiger partial charge on any atom is 0.262 e. The van der Waals surface area contributed by atoms with Crippen molar-refractivity contribution >= 4 is 11.8 Å². The number of imide groups is 1. The molecule has 4 nitrogen and oxygen atoms in total. The molecular weight excluding hydrogens is 254 g/mol. The van der Waals surface area contributed by atoms with Crippen LogP contribution < -0.4 is 0 Å². The number of rotatable bonds is 3. The smallest absolute Gasteiger partial charge is 0.262 e. The maximum absolute atomic E-state index is 12.4. The van der Waals surface area contributed by atoms with Crippen molar-refractivity contribution in [1.82, 2.24) is 4.90 Å². The molecule has 1 aromatic rings. The van der Waals surface area contributed by atoms with Gasteiger partial charge in [0.05, 0.1) is 6.61 Å². The molecule has 1 saturated heterocycles. The Morgan fingerprint density at radius 3 is 2.55 bits per heavy atom. The SMILES string of the molecule is CC(C)(C)COC1CCC(=O)N1C(=O)c1ccccc1. The zero-order chi connectivity index (χ0) is 14.8. The Bertz CT molecular complexity index is 490. The third-order valence-corrected chi connectivity index (χ3v) is 3.11. The second-order valence-electron chi connectivity index (χ2n) is 6.30. The summed E-state index contributed by atoms with van der Waals surface area (Å²) in [5.41, 5.74) is 0.528. The summed E-state index contributed by atoms with van der Waals surface area (Å²) in [5.74, 6) is -0.426. The standard InChI is InChI=1S/C16H21NO3/c1-16(2,3)11-20-14-10-9-13(18)17(14)15(19)12-7-5-4-6-8-12/h4-8,14H,9-11H2,1-3H3. The second kappa shape index (κ2) is 5.75. The summed E-state index contributed by atoms with van der Waals surface area (Å²) in [5, 5.41) is 0. The fourth-order valence-electron chi connectivity index (χ4n) is 2.13. The zero-order valence-corrected chi connectivity index (χ0v) is 12.3. The van der Waals surface area contributed by atoms with Crippen LogP contribution in [0.4, 0.5) is 0 Å². The van der Waals surface area contributed by atoms with Crippen molar-refractivity contribution in [3.05, 3.63) is 35.9 Å². The zero-order valence-electron chi connectivity index (χ0n) is 12.3. The molecule has 0 aromatic heterocycles. The predicted molar refractivity (Wildman–Crippen MR) is 76.0 cm³/mol. The first kappa shape index (κ1) is 14.7. The van der Waals surface area contributed by atoms with E-state index < -0.39 is 6.23 Å². The van der Waals surface area contributed by atoms with Crippen molar-refractivity contribution in [1.29, 1.82) is 0 Å². The average Bonchev–Trinajstić information content (AvgIpc) is 2.77. The van der Waals surface area contributed by atoms with E-state index in [9.17, 15) is 9.59 Å². The highest BCUT2D eigenvalue weighted by Crippen LogP contribution is 2.25. The molecule has 1 atom stereocenters. The van der Waals surface area contributed by atoms with Crippen LogP contribution in [-0.2, 0) is 9.53 Å². The highest BCUT2D eigenvalue weighted by molar-refractivity contribution is 6.05. The van der Waals surface area contributed by atoms with E-state index in [-0.39, 0.29) is 17.2 Å². The lowest BCUT2D eigenvalue weighted by Crippen LogP contribution is -2.41. The first-order chi connectivity index (χ1) is 9.38. The van der Waals surface area contributed by atoms with Crippen LogP contribution in [0.1, 0.15) is 44.0 Å². The van der Waals surface area contributed by atoms with Gasteiger partial charge in [-0.05, 0) is 17.5 Å². The molecule has 1 unspecified atom stereocenters. The number of hydrogen-bond acceptors (Lipinski definition) is 3. The average molecular weight is 275 g/mol. The van der Waals surface area contributed by atoms with Crippen LogP contribution in [0.5, 0.6) is 0 Å². The minimum Gasteiger partial charge on any atom is -0.357 e. The van der Waals surface area contributed by atoms with Crippen LogP contribution in [0, 0.1) is 5.41 Å². The summed E-state index contributed by atoms with van der Waals surface area (Å²) in [7, 11) is 0. The Kier molecular flexibility index (Phi) is 4.23. The first-order valence-electron chi connectivity index (χ1n) is 6.91. The summed E-state index contributed by atoms with van der Waals surface area (Å²) in [6.07, 6.45) is 0.510. The Hall–Kier alpha value is -1.68. The maximum atomic E-state index is 12.4. The monoisotopic (exact) mass is 275 g/mol. The van der Waals surface area contributed by atoms with Crippen LogP contribution in [0.2, 0.25) is 0 Å². The van der Waals surface area contributed by atoms with E-state index in [1.807, 2.05) is 6.07 Å². The molecule has 2 amide bonds. The lowest BCUT2D eigenvalue weighted by Gasteiger charge is -2.27. The summed E-state index contributed by atoms with van der Waals surface area (Å²) in [4.78, 5) is 25.6. The van der Waals surface area contributed by atoms with Crippen molar-refractivity contribution in [3.63, 3.8) is 0 Å². The van der Waals surface area contributed by atoms with Crippen molar-refractivity contribution in [3.8, 4) is 0 Å². The molecule has 0 spiro atoms. The predicted octanol–water partition coefficient (Wildman–Crippen LogP) is 2.84. The molecule has 0 saturated carbocycles. The van der Waals surface area contributed by atoms with Gasteiger partial charge in [0.1, 0.15) is 6.23 Å². The first-order valence-corrected chi connectivity index (χ1v) is 6.91. The molecule has 108 valence electrons. The van der Waals surface area contributed by atoms with Crippen LogP contribution in [-0.4, -0.2) is 29.5 Å². The minimum atomic E-state index is -0.436. The van der Waals surface area contributed by atoms with Crippen LogP contribution in [0.25, 0.3) is 0 Å². The molecule has 4 heteroatoms. The van der Waals surface area contributed by atoms with Gasteiger partial charge in [-0.1, -0.05) is 39.0 Å². The molecule has 0 radical (unpaired) electrons. The van der Waals surface area contributed by atoms with Crippen LogP contribution in [0.15, 0.2) is 30.3 Å². The highest BCUT2D eigenvalue weighted by atomic mass is 16.5. The van der Waals surface area contributed by atoms with E-state index in [2.05, 4.69) is 20.8 Å². The Morgan fingerprint density at radius 2 is 1.95 bits per heavy atom. The van der Waals surface area contributed by atoms with Crippen molar-refractivity contribution in [2.75, 3.05) is 6.61 Å². The van der Waals surface area contributed by atoms with Crippen LogP contribution in [0.3, 0.4) is 0 Å². The normalized spacial score (nSPS) is 19.4. The van der Waals surface area contributed by atoms with E-state index in [4.69, 9.17) is 4.74 Å². The van der Waals surface area contributed by atoms with Crippen molar-refractivity contribution < 1.29 is 14.3 Å². The number of ether oxygens (including phenoxy) is 1. The molecule has 1 aliphatic rings. The van der Waals surface area contributed by atoms with E-state index in [0.717, 1.165) is 0 Å². The number of carbonyl (C=O) groups is 2. The molecule has 20 heavy (non-hydrogen) atoms. The molecule has 0 bridgehead atoms. The largest absolute Gasteiger partial charge is 0.357 e. The number of hydrogen-bond donors (Lipinski definition) is 0. The highest BCUT2D eigenvalue weighted by Gasteiger charge is 2.37. The van der Waals surface area contributed by atoms with Gasteiger partial charge >= 0.3 is 0 Å². The van der Waals surface area contributed by atoms with Gasteiger partial charge in [0.2, 0.25) is 5.91 Å². The third-order valence-electron chi connectivity index (χ3n) is 3.11. The lowest BCUT2D eigenvalue weighted by atomic mass is 9.99. The van der Waals surface area contributed by atoms with Gasteiger partial charge in [-0.25, -0.2) is 0 Å². The topological polar surface area (TPSA) is 46.6 Å². The Balaban J connectivity index is 2.11. The molecule has 0 aliphatic carbocycles. The van der Waals surface area contributed by atoms with E-state index >= 15 is 0 Å². The molecule has 1 fully saturated rings. The number of nitrogens with zero attached hydrogens (tertiary/aromatic N) is 1. The van der Waals surface area contributed by atoms with Gasteiger partial charge in [0.25, 0.3) is 5.91 Å².